The average Bonchev–Trinajstić information content (AvgIpc) is 3.01. The molecule has 2 aromatic heterocycles. The lowest BCUT2D eigenvalue weighted by atomic mass is 10.2. The summed E-state index contributed by atoms with van der Waals surface area (Å²) in [5.74, 6) is 0.359. The number of thioether (sulfide) groups is 1. The van der Waals surface area contributed by atoms with Gasteiger partial charge in [0.15, 0.2) is 0 Å². The van der Waals surface area contributed by atoms with E-state index >= 15 is 0 Å². The summed E-state index contributed by atoms with van der Waals surface area (Å²) in [6, 6.07) is 3.67. The Balaban J connectivity index is 1.63. The van der Waals surface area contributed by atoms with E-state index in [1.54, 1.807) is 17.1 Å². The Morgan fingerprint density at radius 2 is 2.17 bits per heavy atom. The molecule has 2 aromatic rings. The first-order chi connectivity index (χ1) is 11.1. The Labute approximate surface area is 138 Å². The summed E-state index contributed by atoms with van der Waals surface area (Å²) < 4.78 is 7.23. The van der Waals surface area contributed by atoms with Gasteiger partial charge in [0.2, 0.25) is 11.1 Å². The van der Waals surface area contributed by atoms with E-state index in [9.17, 15) is 4.79 Å². The van der Waals surface area contributed by atoms with Gasteiger partial charge in [-0.1, -0.05) is 11.8 Å². The van der Waals surface area contributed by atoms with E-state index in [0.717, 1.165) is 5.69 Å². The van der Waals surface area contributed by atoms with Crippen molar-refractivity contribution in [2.24, 2.45) is 0 Å². The van der Waals surface area contributed by atoms with Crippen molar-refractivity contribution in [2.75, 3.05) is 18.8 Å². The maximum absolute atomic E-state index is 12.4. The normalized spacial score (nSPS) is 21.4. The molecule has 8 nitrogen and oxygen atoms in total. The molecule has 0 N–H and O–H groups in total. The monoisotopic (exact) mass is 334 g/mol. The molecule has 3 rings (SSSR count). The third-order valence-corrected chi connectivity index (χ3v) is 4.33. The highest BCUT2D eigenvalue weighted by Crippen LogP contribution is 2.19. The first-order valence-electron chi connectivity index (χ1n) is 7.38. The summed E-state index contributed by atoms with van der Waals surface area (Å²) in [5, 5.41) is 12.2. The van der Waals surface area contributed by atoms with Crippen molar-refractivity contribution in [3.8, 4) is 5.69 Å². The van der Waals surface area contributed by atoms with Gasteiger partial charge in [-0.2, -0.15) is 4.68 Å². The largest absolute Gasteiger partial charge is 0.372 e. The molecule has 0 saturated carbocycles. The van der Waals surface area contributed by atoms with Crippen molar-refractivity contribution in [1.82, 2.24) is 30.1 Å². The third-order valence-electron chi connectivity index (χ3n) is 3.43. The van der Waals surface area contributed by atoms with Crippen molar-refractivity contribution >= 4 is 17.7 Å². The molecule has 1 saturated heterocycles. The van der Waals surface area contributed by atoms with Crippen LogP contribution >= 0.6 is 11.8 Å². The third kappa shape index (κ3) is 3.85. The molecule has 1 fully saturated rings. The number of carbonyl (C=O) groups excluding carboxylic acids is 1. The minimum absolute atomic E-state index is 0.0633. The van der Waals surface area contributed by atoms with Crippen molar-refractivity contribution < 1.29 is 9.53 Å². The number of tetrazole rings is 1. The summed E-state index contributed by atoms with van der Waals surface area (Å²) in [4.78, 5) is 18.3. The number of nitrogens with zero attached hydrogens (tertiary/aromatic N) is 6. The van der Waals surface area contributed by atoms with Crippen molar-refractivity contribution in [2.45, 2.75) is 31.2 Å². The zero-order valence-electron chi connectivity index (χ0n) is 13.0. The fourth-order valence-electron chi connectivity index (χ4n) is 2.51. The lowest BCUT2D eigenvalue weighted by molar-refractivity contribution is -0.140. The molecule has 122 valence electrons. The van der Waals surface area contributed by atoms with Crippen LogP contribution in [0.4, 0.5) is 0 Å². The summed E-state index contributed by atoms with van der Waals surface area (Å²) in [5.41, 5.74) is 0.765. The van der Waals surface area contributed by atoms with Crippen LogP contribution in [0.1, 0.15) is 13.8 Å². The first-order valence-corrected chi connectivity index (χ1v) is 8.37. The fraction of sp³-hybridized carbons (Fsp3) is 0.500. The number of ether oxygens (including phenoxy) is 1. The van der Waals surface area contributed by atoms with Crippen LogP contribution in [0.2, 0.25) is 0 Å². The molecule has 1 aliphatic heterocycles. The molecule has 9 heteroatoms. The van der Waals surface area contributed by atoms with Gasteiger partial charge in [-0.15, -0.1) is 5.10 Å². The van der Waals surface area contributed by atoms with Gasteiger partial charge in [0.05, 0.1) is 29.8 Å². The number of aromatic nitrogens is 5. The van der Waals surface area contributed by atoms with E-state index < -0.39 is 0 Å². The molecule has 1 amide bonds. The second-order valence-corrected chi connectivity index (χ2v) is 6.37. The van der Waals surface area contributed by atoms with Crippen LogP contribution in [0, 0.1) is 0 Å². The van der Waals surface area contributed by atoms with Gasteiger partial charge in [0.1, 0.15) is 0 Å². The molecular formula is C14H18N6O2S. The maximum atomic E-state index is 12.4. The fourth-order valence-corrected chi connectivity index (χ4v) is 3.30. The highest BCUT2D eigenvalue weighted by atomic mass is 32.2. The number of hydrogen-bond donors (Lipinski definition) is 0. The highest BCUT2D eigenvalue weighted by Gasteiger charge is 2.26. The smallest absolute Gasteiger partial charge is 0.233 e. The quantitative estimate of drug-likeness (QED) is 0.764. The number of amides is 1. The molecule has 3 heterocycles. The van der Waals surface area contributed by atoms with Crippen LogP contribution in [0.15, 0.2) is 29.7 Å². The summed E-state index contributed by atoms with van der Waals surface area (Å²) in [6.45, 7) is 5.20. The SMILES string of the molecule is C[C@@H]1CN(C(=O)CSc2nnnn2-c2cccnc2)C[C@@H](C)O1. The van der Waals surface area contributed by atoms with Gasteiger partial charge in [-0.05, 0) is 36.4 Å². The molecule has 0 spiro atoms. The van der Waals surface area contributed by atoms with Crippen LogP contribution in [-0.4, -0.2) is 67.0 Å². The minimum atomic E-state index is 0.0633. The van der Waals surface area contributed by atoms with E-state index in [4.69, 9.17) is 4.74 Å². The molecule has 0 aromatic carbocycles. The van der Waals surface area contributed by atoms with Crippen molar-refractivity contribution in [3.63, 3.8) is 0 Å². The molecule has 0 aliphatic carbocycles. The topological polar surface area (TPSA) is 86.0 Å². The van der Waals surface area contributed by atoms with Gasteiger partial charge in [0.25, 0.3) is 0 Å². The van der Waals surface area contributed by atoms with Crippen LogP contribution in [-0.2, 0) is 9.53 Å². The maximum Gasteiger partial charge on any atom is 0.233 e. The number of rotatable bonds is 4. The van der Waals surface area contributed by atoms with Crippen LogP contribution in [0.3, 0.4) is 0 Å². The number of morpholine rings is 1. The Morgan fingerprint density at radius 1 is 1.39 bits per heavy atom. The zero-order chi connectivity index (χ0) is 16.2. The molecule has 1 aliphatic rings. The van der Waals surface area contributed by atoms with Crippen molar-refractivity contribution in [1.29, 1.82) is 0 Å². The minimum Gasteiger partial charge on any atom is -0.372 e. The Bertz CT molecular complexity index is 654. The van der Waals surface area contributed by atoms with Gasteiger partial charge in [-0.3, -0.25) is 9.78 Å². The lowest BCUT2D eigenvalue weighted by Gasteiger charge is -2.35. The lowest BCUT2D eigenvalue weighted by Crippen LogP contribution is -2.48. The second-order valence-electron chi connectivity index (χ2n) is 5.43. The van der Waals surface area contributed by atoms with Crippen LogP contribution < -0.4 is 0 Å². The molecule has 23 heavy (non-hydrogen) atoms. The predicted molar refractivity (Wildman–Crippen MR) is 84.3 cm³/mol. The van der Waals surface area contributed by atoms with Gasteiger partial charge in [0, 0.05) is 19.3 Å². The molecular weight excluding hydrogens is 316 g/mol. The van der Waals surface area contributed by atoms with E-state index in [2.05, 4.69) is 20.5 Å². The number of pyridine rings is 1. The molecule has 0 bridgehead atoms. The van der Waals surface area contributed by atoms with Crippen LogP contribution in [0.25, 0.3) is 5.69 Å². The number of hydrogen-bond acceptors (Lipinski definition) is 7. The average molecular weight is 334 g/mol. The molecule has 0 radical (unpaired) electrons. The summed E-state index contributed by atoms with van der Waals surface area (Å²) in [6.07, 6.45) is 3.49. The van der Waals surface area contributed by atoms with E-state index in [-0.39, 0.29) is 18.1 Å². The Kier molecular flexibility index (Phi) is 4.87. The molecule has 0 unspecified atom stereocenters. The highest BCUT2D eigenvalue weighted by molar-refractivity contribution is 7.99. The zero-order valence-corrected chi connectivity index (χ0v) is 13.8. The first kappa shape index (κ1) is 15.9. The number of carbonyl (C=O) groups is 1. The standard InChI is InChI=1S/C14H18N6O2S/c1-10-7-19(8-11(2)22-10)13(21)9-23-14-16-17-18-20(14)12-4-3-5-15-6-12/h3-6,10-11H,7-9H2,1-2H3/t10-,11-/m1/s1. The van der Waals surface area contributed by atoms with E-state index in [0.29, 0.717) is 24.0 Å². The Morgan fingerprint density at radius 3 is 2.87 bits per heavy atom. The van der Waals surface area contributed by atoms with E-state index in [1.165, 1.54) is 11.8 Å². The van der Waals surface area contributed by atoms with Gasteiger partial charge >= 0.3 is 0 Å². The van der Waals surface area contributed by atoms with Gasteiger partial charge < -0.3 is 9.64 Å². The van der Waals surface area contributed by atoms with Crippen molar-refractivity contribution in [3.05, 3.63) is 24.5 Å². The summed E-state index contributed by atoms with van der Waals surface area (Å²) in [7, 11) is 0. The van der Waals surface area contributed by atoms with E-state index in [1.807, 2.05) is 30.9 Å². The molecule has 2 atom stereocenters. The predicted octanol–water partition coefficient (Wildman–Crippen LogP) is 0.785. The Hall–Kier alpha value is -2.00. The second kappa shape index (κ2) is 7.05. The van der Waals surface area contributed by atoms with Crippen LogP contribution in [0.5, 0.6) is 0 Å². The van der Waals surface area contributed by atoms with Gasteiger partial charge in [-0.25, -0.2) is 0 Å². The summed E-state index contributed by atoms with van der Waals surface area (Å²) >= 11 is 1.32.